The molecule has 2 rings (SSSR count). The molecule has 9 heteroatoms. The normalized spacial score (nSPS) is 10.3. The predicted molar refractivity (Wildman–Crippen MR) is 96.5 cm³/mol. The number of hydrazine groups is 1. The number of carbonyl (C=O) groups is 2. The number of aryl methyl sites for hydroxylation is 1. The van der Waals surface area contributed by atoms with Gasteiger partial charge >= 0.3 is 6.61 Å². The van der Waals surface area contributed by atoms with Crippen LogP contribution in [0.2, 0.25) is 0 Å². The largest absolute Gasteiger partial charge is 0.490 e. The number of halogens is 2. The van der Waals surface area contributed by atoms with Crippen molar-refractivity contribution in [2.75, 3.05) is 13.2 Å². The van der Waals surface area contributed by atoms with Crippen molar-refractivity contribution in [3.63, 3.8) is 0 Å². The van der Waals surface area contributed by atoms with E-state index < -0.39 is 18.4 Å². The van der Waals surface area contributed by atoms with E-state index in [1.165, 1.54) is 18.2 Å². The quantitative estimate of drug-likeness (QED) is 0.673. The molecule has 0 spiro atoms. The Bertz CT molecular complexity index is 830. The van der Waals surface area contributed by atoms with Gasteiger partial charge in [0.25, 0.3) is 11.8 Å². The lowest BCUT2D eigenvalue weighted by atomic mass is 10.2. The van der Waals surface area contributed by atoms with Crippen LogP contribution in [0, 0.1) is 6.92 Å². The summed E-state index contributed by atoms with van der Waals surface area (Å²) in [5.41, 5.74) is 5.39. The van der Waals surface area contributed by atoms with E-state index in [0.29, 0.717) is 5.75 Å². The van der Waals surface area contributed by atoms with Gasteiger partial charge < -0.3 is 14.2 Å². The maximum absolute atomic E-state index is 12.4. The Morgan fingerprint density at radius 1 is 1.00 bits per heavy atom. The third-order valence-corrected chi connectivity index (χ3v) is 3.49. The molecule has 150 valence electrons. The predicted octanol–water partition coefficient (Wildman–Crippen LogP) is 2.84. The Hall–Kier alpha value is -3.36. The molecule has 28 heavy (non-hydrogen) atoms. The average molecular weight is 394 g/mol. The van der Waals surface area contributed by atoms with E-state index in [1.54, 1.807) is 19.1 Å². The number of para-hydroxylation sites is 1. The minimum absolute atomic E-state index is 0.00957. The van der Waals surface area contributed by atoms with Gasteiger partial charge in [0.2, 0.25) is 0 Å². The fraction of sp³-hybridized carbons (Fsp3) is 0.263. The van der Waals surface area contributed by atoms with Crippen molar-refractivity contribution in [3.8, 4) is 17.2 Å². The van der Waals surface area contributed by atoms with Crippen LogP contribution in [0.5, 0.6) is 17.2 Å². The zero-order valence-corrected chi connectivity index (χ0v) is 15.3. The summed E-state index contributed by atoms with van der Waals surface area (Å²) < 4.78 is 39.7. The highest BCUT2D eigenvalue weighted by atomic mass is 19.3. The molecule has 0 aliphatic carbocycles. The van der Waals surface area contributed by atoms with Gasteiger partial charge in [-0.1, -0.05) is 18.2 Å². The number of alkyl halides is 2. The Morgan fingerprint density at radius 3 is 2.43 bits per heavy atom. The van der Waals surface area contributed by atoms with Crippen LogP contribution in [0.4, 0.5) is 8.78 Å². The van der Waals surface area contributed by atoms with E-state index in [9.17, 15) is 18.4 Å². The van der Waals surface area contributed by atoms with E-state index in [2.05, 4.69) is 15.6 Å². The number of ether oxygens (including phenoxy) is 3. The molecule has 0 saturated carbocycles. The molecular formula is C19H20F2N2O5. The van der Waals surface area contributed by atoms with Gasteiger partial charge in [-0.15, -0.1) is 0 Å². The first kappa shape index (κ1) is 20.9. The standard InChI is InChI=1S/C19H20F2N2O5/c1-3-26-16-10-13(8-9-15(16)28-19(20)21)18(25)23-22-17(24)11-27-14-7-5-4-6-12(14)2/h4-10,19H,3,11H2,1-2H3,(H,22,24)(H,23,25). The van der Waals surface area contributed by atoms with Crippen molar-refractivity contribution in [1.82, 2.24) is 10.9 Å². The first-order valence-corrected chi connectivity index (χ1v) is 8.40. The van der Waals surface area contributed by atoms with E-state index in [-0.39, 0.29) is 30.3 Å². The molecule has 0 heterocycles. The van der Waals surface area contributed by atoms with Crippen molar-refractivity contribution in [2.45, 2.75) is 20.5 Å². The van der Waals surface area contributed by atoms with E-state index >= 15 is 0 Å². The lowest BCUT2D eigenvalue weighted by molar-refractivity contribution is -0.123. The second-order valence-electron chi connectivity index (χ2n) is 5.53. The summed E-state index contributed by atoms with van der Waals surface area (Å²) in [7, 11) is 0. The highest BCUT2D eigenvalue weighted by Crippen LogP contribution is 2.29. The fourth-order valence-electron chi connectivity index (χ4n) is 2.21. The van der Waals surface area contributed by atoms with Crippen molar-refractivity contribution >= 4 is 11.8 Å². The molecule has 2 aromatic rings. The summed E-state index contributed by atoms with van der Waals surface area (Å²) >= 11 is 0. The zero-order valence-electron chi connectivity index (χ0n) is 15.3. The van der Waals surface area contributed by atoms with Gasteiger partial charge in [-0.2, -0.15) is 8.78 Å². The van der Waals surface area contributed by atoms with Gasteiger partial charge in [0.1, 0.15) is 5.75 Å². The summed E-state index contributed by atoms with van der Waals surface area (Å²) in [4.78, 5) is 24.0. The topological polar surface area (TPSA) is 85.9 Å². The molecule has 0 bridgehead atoms. The summed E-state index contributed by atoms with van der Waals surface area (Å²) in [6.45, 7) is 0.375. The molecular weight excluding hydrogens is 374 g/mol. The number of hydrogen-bond acceptors (Lipinski definition) is 5. The smallest absolute Gasteiger partial charge is 0.387 e. The van der Waals surface area contributed by atoms with E-state index in [4.69, 9.17) is 9.47 Å². The maximum Gasteiger partial charge on any atom is 0.387 e. The highest BCUT2D eigenvalue weighted by molar-refractivity contribution is 5.96. The molecule has 0 unspecified atom stereocenters. The SMILES string of the molecule is CCOc1cc(C(=O)NNC(=O)COc2ccccc2C)ccc1OC(F)F. The number of nitrogens with one attached hydrogen (secondary N) is 2. The molecule has 7 nitrogen and oxygen atoms in total. The fourth-order valence-corrected chi connectivity index (χ4v) is 2.21. The Balaban J connectivity index is 1.92. The first-order valence-electron chi connectivity index (χ1n) is 8.40. The van der Waals surface area contributed by atoms with Crippen LogP contribution in [0.15, 0.2) is 42.5 Å². The van der Waals surface area contributed by atoms with Crippen LogP contribution in [-0.4, -0.2) is 31.6 Å². The molecule has 0 aliphatic rings. The molecule has 0 aromatic heterocycles. The van der Waals surface area contributed by atoms with Gasteiger partial charge in [-0.05, 0) is 43.7 Å². The molecule has 2 N–H and O–H groups in total. The number of benzene rings is 2. The summed E-state index contributed by atoms with van der Waals surface area (Å²) in [5.74, 6) is -0.873. The Kier molecular flexibility index (Phi) is 7.55. The van der Waals surface area contributed by atoms with Gasteiger partial charge in [0.05, 0.1) is 6.61 Å². The van der Waals surface area contributed by atoms with E-state index in [0.717, 1.165) is 5.56 Å². The summed E-state index contributed by atoms with van der Waals surface area (Å²) in [5, 5.41) is 0. The minimum atomic E-state index is -3.02. The maximum atomic E-state index is 12.4. The lowest BCUT2D eigenvalue weighted by Gasteiger charge is -2.13. The van der Waals surface area contributed by atoms with Crippen molar-refractivity contribution in [1.29, 1.82) is 0 Å². The number of carbonyl (C=O) groups excluding carboxylic acids is 2. The molecule has 0 radical (unpaired) electrons. The molecule has 0 atom stereocenters. The highest BCUT2D eigenvalue weighted by Gasteiger charge is 2.15. The third kappa shape index (κ3) is 6.11. The Morgan fingerprint density at radius 2 is 1.75 bits per heavy atom. The monoisotopic (exact) mass is 394 g/mol. The molecule has 0 aliphatic heterocycles. The molecule has 0 saturated heterocycles. The lowest BCUT2D eigenvalue weighted by Crippen LogP contribution is -2.43. The second-order valence-corrected chi connectivity index (χ2v) is 5.53. The molecule has 2 aromatic carbocycles. The number of hydrogen-bond donors (Lipinski definition) is 2. The van der Waals surface area contributed by atoms with Crippen molar-refractivity contribution in [2.24, 2.45) is 0 Å². The second kappa shape index (κ2) is 10.1. The average Bonchev–Trinajstić information content (AvgIpc) is 2.66. The van der Waals surface area contributed by atoms with Crippen LogP contribution < -0.4 is 25.1 Å². The van der Waals surface area contributed by atoms with Crippen molar-refractivity contribution in [3.05, 3.63) is 53.6 Å². The first-order chi connectivity index (χ1) is 13.4. The van der Waals surface area contributed by atoms with Crippen LogP contribution in [0.1, 0.15) is 22.8 Å². The van der Waals surface area contributed by atoms with Gasteiger partial charge in [-0.25, -0.2) is 0 Å². The molecule has 0 fully saturated rings. The van der Waals surface area contributed by atoms with Gasteiger partial charge in [-0.3, -0.25) is 20.4 Å². The van der Waals surface area contributed by atoms with Crippen LogP contribution in [0.25, 0.3) is 0 Å². The van der Waals surface area contributed by atoms with Gasteiger partial charge in [0, 0.05) is 5.56 Å². The Labute approximate surface area is 160 Å². The van der Waals surface area contributed by atoms with Crippen LogP contribution in [-0.2, 0) is 4.79 Å². The van der Waals surface area contributed by atoms with Gasteiger partial charge in [0.15, 0.2) is 18.1 Å². The van der Waals surface area contributed by atoms with Crippen LogP contribution >= 0.6 is 0 Å². The summed E-state index contributed by atoms with van der Waals surface area (Å²) in [6.07, 6.45) is 0. The zero-order chi connectivity index (χ0) is 20.5. The summed E-state index contributed by atoms with van der Waals surface area (Å²) in [6, 6.07) is 10.9. The minimum Gasteiger partial charge on any atom is -0.490 e. The third-order valence-electron chi connectivity index (χ3n) is 3.49. The number of amides is 2. The van der Waals surface area contributed by atoms with E-state index in [1.807, 2.05) is 19.1 Å². The van der Waals surface area contributed by atoms with Crippen molar-refractivity contribution < 1.29 is 32.6 Å². The van der Waals surface area contributed by atoms with Crippen LogP contribution in [0.3, 0.4) is 0 Å². The molecule has 2 amide bonds. The number of rotatable bonds is 8.